The Kier molecular flexibility index (Phi) is 3.37. The van der Waals surface area contributed by atoms with Crippen LogP contribution in [0.1, 0.15) is 31.2 Å². The lowest BCUT2D eigenvalue weighted by atomic mass is 10.1. The minimum Gasteiger partial charge on any atom is -0.313 e. The molecule has 0 saturated carbocycles. The molecule has 70 valence electrons. The second kappa shape index (κ2) is 4.54. The molecule has 13 heavy (non-hydrogen) atoms. The fourth-order valence-electron chi connectivity index (χ4n) is 0.844. The van der Waals surface area contributed by atoms with Crippen LogP contribution in [0, 0.1) is 0 Å². The van der Waals surface area contributed by atoms with E-state index >= 15 is 0 Å². The third-order valence-electron chi connectivity index (χ3n) is 1.61. The van der Waals surface area contributed by atoms with Crippen LogP contribution in [0.25, 0.3) is 0 Å². The van der Waals surface area contributed by atoms with Crippen LogP contribution in [0.4, 0.5) is 0 Å². The molecule has 0 fully saturated rings. The monoisotopic (exact) mass is 178 g/mol. The highest BCUT2D eigenvalue weighted by atomic mass is 15.3. The fraction of sp³-hybridized carbons (Fsp3) is 0.444. The van der Waals surface area contributed by atoms with Crippen molar-refractivity contribution in [2.24, 2.45) is 5.10 Å². The third-order valence-corrected chi connectivity index (χ3v) is 1.61. The van der Waals surface area contributed by atoms with Crippen LogP contribution in [0.3, 0.4) is 0 Å². The minimum absolute atomic E-state index is 0.419. The predicted octanol–water partition coefficient (Wildman–Crippen LogP) is 1.15. The van der Waals surface area contributed by atoms with Gasteiger partial charge in [0.2, 0.25) is 0 Å². The average molecular weight is 178 g/mol. The van der Waals surface area contributed by atoms with E-state index in [9.17, 15) is 0 Å². The Bertz CT molecular complexity index is 276. The second-order valence-electron chi connectivity index (χ2n) is 3.00. The van der Waals surface area contributed by atoms with Gasteiger partial charge in [-0.2, -0.15) is 5.10 Å². The SMILES string of the molecule is CN/N=C\c1cnc(C(C)C)cn1. The summed E-state index contributed by atoms with van der Waals surface area (Å²) in [5, 5.41) is 3.84. The molecule has 4 heteroatoms. The van der Waals surface area contributed by atoms with Crippen molar-refractivity contribution in [3.05, 3.63) is 23.8 Å². The van der Waals surface area contributed by atoms with Crippen LogP contribution in [-0.2, 0) is 0 Å². The van der Waals surface area contributed by atoms with Gasteiger partial charge in [-0.3, -0.25) is 9.97 Å². The third kappa shape index (κ3) is 2.82. The van der Waals surface area contributed by atoms with Gasteiger partial charge < -0.3 is 5.43 Å². The van der Waals surface area contributed by atoms with Crippen molar-refractivity contribution < 1.29 is 0 Å². The van der Waals surface area contributed by atoms with Crippen LogP contribution in [-0.4, -0.2) is 23.2 Å². The maximum Gasteiger partial charge on any atom is 0.101 e. The summed E-state index contributed by atoms with van der Waals surface area (Å²) in [6.07, 6.45) is 5.13. The van der Waals surface area contributed by atoms with Gasteiger partial charge in [0, 0.05) is 13.2 Å². The first-order valence-electron chi connectivity index (χ1n) is 4.25. The molecule has 0 unspecified atom stereocenters. The maximum absolute atomic E-state index is 4.25. The van der Waals surface area contributed by atoms with Crippen LogP contribution < -0.4 is 5.43 Å². The average Bonchev–Trinajstić information content (AvgIpc) is 2.15. The van der Waals surface area contributed by atoms with E-state index in [4.69, 9.17) is 0 Å². The van der Waals surface area contributed by atoms with Gasteiger partial charge in [-0.25, -0.2) is 0 Å². The standard InChI is InChI=1S/C9H14N4/c1-7(2)9-6-11-8(4-12-9)5-13-10-3/h4-7,10H,1-3H3/b13-5-. The molecule has 0 aromatic carbocycles. The zero-order valence-electron chi connectivity index (χ0n) is 8.15. The molecule has 0 bridgehead atoms. The highest BCUT2D eigenvalue weighted by Crippen LogP contribution is 2.08. The molecule has 0 amide bonds. The van der Waals surface area contributed by atoms with Gasteiger partial charge >= 0.3 is 0 Å². The molecule has 0 spiro atoms. The number of hydrogen-bond donors (Lipinski definition) is 1. The summed E-state index contributed by atoms with van der Waals surface area (Å²) < 4.78 is 0. The van der Waals surface area contributed by atoms with E-state index in [1.54, 1.807) is 25.7 Å². The topological polar surface area (TPSA) is 50.2 Å². The molecular weight excluding hydrogens is 164 g/mol. The Labute approximate surface area is 78.1 Å². The molecule has 4 nitrogen and oxygen atoms in total. The molecule has 1 N–H and O–H groups in total. The largest absolute Gasteiger partial charge is 0.313 e. The molecule has 0 radical (unpaired) electrons. The molecule has 0 atom stereocenters. The summed E-state index contributed by atoms with van der Waals surface area (Å²) in [5.74, 6) is 0.419. The molecule has 0 saturated heterocycles. The van der Waals surface area contributed by atoms with Gasteiger partial charge in [-0.15, -0.1) is 0 Å². The first-order valence-corrected chi connectivity index (χ1v) is 4.25. The second-order valence-corrected chi connectivity index (χ2v) is 3.00. The van der Waals surface area contributed by atoms with Crippen LogP contribution in [0.5, 0.6) is 0 Å². The number of aromatic nitrogens is 2. The van der Waals surface area contributed by atoms with Gasteiger partial charge in [0.15, 0.2) is 0 Å². The highest BCUT2D eigenvalue weighted by molar-refractivity contribution is 5.75. The number of rotatable bonds is 3. The van der Waals surface area contributed by atoms with Gasteiger partial charge in [0.1, 0.15) is 5.69 Å². The molecule has 1 aromatic rings. The molecule has 1 rings (SSSR count). The first-order chi connectivity index (χ1) is 6.24. The number of hydrogen-bond acceptors (Lipinski definition) is 4. The molecule has 0 aliphatic carbocycles. The number of hydrazone groups is 1. The lowest BCUT2D eigenvalue weighted by molar-refractivity contribution is 0.810. The Morgan fingerprint density at radius 1 is 1.38 bits per heavy atom. The minimum atomic E-state index is 0.419. The van der Waals surface area contributed by atoms with Crippen molar-refractivity contribution in [3.63, 3.8) is 0 Å². The van der Waals surface area contributed by atoms with Crippen molar-refractivity contribution in [3.8, 4) is 0 Å². The van der Waals surface area contributed by atoms with Crippen LogP contribution in [0.15, 0.2) is 17.5 Å². The van der Waals surface area contributed by atoms with E-state index in [0.29, 0.717) is 5.92 Å². The molecule has 1 aromatic heterocycles. The normalized spacial score (nSPS) is 11.1. The van der Waals surface area contributed by atoms with E-state index in [2.05, 4.69) is 34.3 Å². The van der Waals surface area contributed by atoms with Gasteiger partial charge in [-0.1, -0.05) is 13.8 Å². The van der Waals surface area contributed by atoms with E-state index < -0.39 is 0 Å². The van der Waals surface area contributed by atoms with Crippen LogP contribution in [0.2, 0.25) is 0 Å². The lowest BCUT2D eigenvalue weighted by Crippen LogP contribution is -1.99. The van der Waals surface area contributed by atoms with E-state index in [1.165, 1.54) is 0 Å². The van der Waals surface area contributed by atoms with Crippen molar-refractivity contribution in [2.45, 2.75) is 19.8 Å². The smallest absolute Gasteiger partial charge is 0.101 e. The summed E-state index contributed by atoms with van der Waals surface area (Å²) in [7, 11) is 1.74. The van der Waals surface area contributed by atoms with Crippen molar-refractivity contribution in [2.75, 3.05) is 7.05 Å². The van der Waals surface area contributed by atoms with Crippen molar-refractivity contribution in [1.82, 2.24) is 15.4 Å². The molecule has 0 aliphatic heterocycles. The van der Waals surface area contributed by atoms with Crippen molar-refractivity contribution >= 4 is 6.21 Å². The summed E-state index contributed by atoms with van der Waals surface area (Å²) >= 11 is 0. The number of nitrogens with zero attached hydrogens (tertiary/aromatic N) is 3. The van der Waals surface area contributed by atoms with Gasteiger partial charge in [0.05, 0.1) is 18.1 Å². The Morgan fingerprint density at radius 3 is 2.62 bits per heavy atom. The van der Waals surface area contributed by atoms with E-state index in [-0.39, 0.29) is 0 Å². The first kappa shape index (κ1) is 9.64. The molecular formula is C9H14N4. The highest BCUT2D eigenvalue weighted by Gasteiger charge is 1.99. The summed E-state index contributed by atoms with van der Waals surface area (Å²) in [5.41, 5.74) is 4.42. The Hall–Kier alpha value is -1.45. The number of nitrogens with one attached hydrogen (secondary N) is 1. The molecule has 0 aliphatic rings. The quantitative estimate of drug-likeness (QED) is 0.558. The zero-order valence-corrected chi connectivity index (χ0v) is 8.15. The molecule has 1 heterocycles. The van der Waals surface area contributed by atoms with Crippen molar-refractivity contribution in [1.29, 1.82) is 0 Å². The summed E-state index contributed by atoms with van der Waals surface area (Å²) in [4.78, 5) is 8.44. The van der Waals surface area contributed by atoms with Crippen LogP contribution >= 0.6 is 0 Å². The summed E-state index contributed by atoms with van der Waals surface area (Å²) in [6.45, 7) is 4.18. The maximum atomic E-state index is 4.25. The predicted molar refractivity (Wildman–Crippen MR) is 52.8 cm³/mol. The Morgan fingerprint density at radius 2 is 2.15 bits per heavy atom. The van der Waals surface area contributed by atoms with E-state index in [0.717, 1.165) is 11.4 Å². The lowest BCUT2D eigenvalue weighted by Gasteiger charge is -2.02. The van der Waals surface area contributed by atoms with E-state index in [1.807, 2.05) is 0 Å². The Balaban J connectivity index is 2.75. The zero-order chi connectivity index (χ0) is 9.68. The van der Waals surface area contributed by atoms with Gasteiger partial charge in [-0.05, 0) is 5.92 Å². The van der Waals surface area contributed by atoms with Gasteiger partial charge in [0.25, 0.3) is 0 Å². The fourth-order valence-corrected chi connectivity index (χ4v) is 0.844. The summed E-state index contributed by atoms with van der Waals surface area (Å²) in [6, 6.07) is 0.